The molecular formula is C26H32N4O4S. The summed E-state index contributed by atoms with van der Waals surface area (Å²) in [5.41, 5.74) is 5.20. The molecule has 0 saturated carbocycles. The van der Waals surface area contributed by atoms with Crippen LogP contribution in [-0.2, 0) is 34.3 Å². The summed E-state index contributed by atoms with van der Waals surface area (Å²) in [4.78, 5) is 13.5. The molecule has 0 spiro atoms. The lowest BCUT2D eigenvalue weighted by Crippen LogP contribution is -2.30. The number of fused-ring (bicyclic) bond motifs is 1. The van der Waals surface area contributed by atoms with Gasteiger partial charge < -0.3 is 9.30 Å². The van der Waals surface area contributed by atoms with Crippen LogP contribution in [0.1, 0.15) is 51.5 Å². The lowest BCUT2D eigenvalue weighted by atomic mass is 10.1. The Morgan fingerprint density at radius 1 is 1.14 bits per heavy atom. The Morgan fingerprint density at radius 3 is 2.66 bits per heavy atom. The first-order chi connectivity index (χ1) is 16.7. The first-order valence-corrected chi connectivity index (χ1v) is 13.6. The molecular weight excluding hydrogens is 464 g/mol. The first kappa shape index (κ1) is 23.8. The molecule has 9 heteroatoms. The van der Waals surface area contributed by atoms with Gasteiger partial charge in [-0.05, 0) is 64.7 Å². The zero-order chi connectivity index (χ0) is 24.9. The van der Waals surface area contributed by atoms with Gasteiger partial charge in [0.25, 0.3) is 10.0 Å². The molecule has 0 bridgehead atoms. The van der Waals surface area contributed by atoms with E-state index >= 15 is 0 Å². The number of sulfonamides is 1. The summed E-state index contributed by atoms with van der Waals surface area (Å²) in [6.45, 7) is 9.30. The number of para-hydroxylation sites is 1. The van der Waals surface area contributed by atoms with Crippen LogP contribution in [0.2, 0.25) is 0 Å². The topological polar surface area (TPSA) is 86.4 Å². The predicted molar refractivity (Wildman–Crippen MR) is 134 cm³/mol. The van der Waals surface area contributed by atoms with E-state index in [1.54, 1.807) is 13.8 Å². The van der Waals surface area contributed by atoms with Gasteiger partial charge in [0.15, 0.2) is 5.78 Å². The van der Waals surface area contributed by atoms with Crippen LogP contribution in [0.4, 0.5) is 5.69 Å². The quantitative estimate of drug-likeness (QED) is 0.465. The molecule has 5 rings (SSSR count). The standard InChI is InChI=1S/C26H32N4O4S/c1-17-14-23(19(3)28(17)15-22-9-7-13-34-22)25(31)16-29-20(4)26(18(2)27-29)35(32,33)30-12-11-21-8-5-6-10-24(21)30/h5-6,8,10,14,22H,7,9,11-13,15-16H2,1-4H3/t22-/m1/s1. The minimum atomic E-state index is -3.80. The SMILES string of the molecule is Cc1nn(CC(=O)c2cc(C)n(C[C@H]3CCCO3)c2C)c(C)c1S(=O)(=O)N1CCc2ccccc21. The molecule has 2 aliphatic heterocycles. The molecule has 1 saturated heterocycles. The number of anilines is 1. The van der Waals surface area contributed by atoms with Crippen molar-refractivity contribution in [2.45, 2.75) is 71.0 Å². The maximum Gasteiger partial charge on any atom is 0.268 e. The molecule has 0 aliphatic carbocycles. The predicted octanol–water partition coefficient (Wildman–Crippen LogP) is 3.73. The Bertz CT molecular complexity index is 1400. The Kier molecular flexibility index (Phi) is 6.09. The molecule has 35 heavy (non-hydrogen) atoms. The highest BCUT2D eigenvalue weighted by atomic mass is 32.2. The second-order valence-electron chi connectivity index (χ2n) is 9.57. The van der Waals surface area contributed by atoms with Gasteiger partial charge in [0, 0.05) is 36.6 Å². The van der Waals surface area contributed by atoms with Crippen LogP contribution in [0.5, 0.6) is 0 Å². The molecule has 1 fully saturated rings. The minimum Gasteiger partial charge on any atom is -0.376 e. The van der Waals surface area contributed by atoms with Gasteiger partial charge in [0.1, 0.15) is 11.4 Å². The van der Waals surface area contributed by atoms with E-state index in [0.29, 0.717) is 35.6 Å². The highest BCUT2D eigenvalue weighted by Gasteiger charge is 2.35. The van der Waals surface area contributed by atoms with Gasteiger partial charge in [-0.1, -0.05) is 18.2 Å². The smallest absolute Gasteiger partial charge is 0.268 e. The number of carbonyl (C=O) groups is 1. The summed E-state index contributed by atoms with van der Waals surface area (Å²) in [5, 5.41) is 4.47. The fourth-order valence-electron chi connectivity index (χ4n) is 5.45. The summed E-state index contributed by atoms with van der Waals surface area (Å²) in [6, 6.07) is 9.49. The second kappa shape index (κ2) is 8.95. The van der Waals surface area contributed by atoms with E-state index < -0.39 is 10.0 Å². The molecule has 0 radical (unpaired) electrons. The van der Waals surface area contributed by atoms with Gasteiger partial charge >= 0.3 is 0 Å². The Hall–Kier alpha value is -2.91. The number of benzene rings is 1. The number of aryl methyl sites for hydroxylation is 2. The van der Waals surface area contributed by atoms with Crippen molar-refractivity contribution >= 4 is 21.5 Å². The second-order valence-corrected chi connectivity index (χ2v) is 11.4. The molecule has 0 unspecified atom stereocenters. The van der Waals surface area contributed by atoms with Gasteiger partial charge in [-0.25, -0.2) is 8.42 Å². The van der Waals surface area contributed by atoms with E-state index in [9.17, 15) is 13.2 Å². The molecule has 4 heterocycles. The van der Waals surface area contributed by atoms with E-state index in [1.165, 1.54) is 8.99 Å². The monoisotopic (exact) mass is 496 g/mol. The molecule has 1 aromatic carbocycles. The summed E-state index contributed by atoms with van der Waals surface area (Å²) < 4.78 is 38.2. The number of Topliss-reactive ketones (excluding diaryl/α,β-unsaturated/α-hetero) is 1. The normalized spacial score (nSPS) is 17.8. The largest absolute Gasteiger partial charge is 0.376 e. The zero-order valence-electron chi connectivity index (χ0n) is 20.7. The highest BCUT2D eigenvalue weighted by Crippen LogP contribution is 2.34. The number of hydrogen-bond acceptors (Lipinski definition) is 5. The van der Waals surface area contributed by atoms with E-state index in [4.69, 9.17) is 4.74 Å². The average molecular weight is 497 g/mol. The van der Waals surface area contributed by atoms with Crippen LogP contribution in [0, 0.1) is 27.7 Å². The Labute approximate surface area is 206 Å². The van der Waals surface area contributed by atoms with Crippen molar-refractivity contribution in [3.8, 4) is 0 Å². The van der Waals surface area contributed by atoms with Crippen LogP contribution in [0.3, 0.4) is 0 Å². The molecule has 186 valence electrons. The number of nitrogens with zero attached hydrogens (tertiary/aromatic N) is 4. The Morgan fingerprint density at radius 2 is 1.91 bits per heavy atom. The molecule has 3 aromatic rings. The molecule has 0 amide bonds. The number of carbonyl (C=O) groups excluding carboxylic acids is 1. The van der Waals surface area contributed by atoms with Crippen LogP contribution in [0.15, 0.2) is 35.2 Å². The van der Waals surface area contributed by atoms with Crippen LogP contribution >= 0.6 is 0 Å². The molecule has 8 nitrogen and oxygen atoms in total. The lowest BCUT2D eigenvalue weighted by Gasteiger charge is -2.19. The van der Waals surface area contributed by atoms with E-state index in [1.807, 2.05) is 44.2 Å². The minimum absolute atomic E-state index is 0.0109. The number of ketones is 1. The summed E-state index contributed by atoms with van der Waals surface area (Å²) in [7, 11) is -3.80. The third-order valence-electron chi connectivity index (χ3n) is 7.29. The van der Waals surface area contributed by atoms with Crippen LogP contribution in [-0.4, -0.2) is 47.8 Å². The zero-order valence-corrected chi connectivity index (χ0v) is 21.6. The summed E-state index contributed by atoms with van der Waals surface area (Å²) >= 11 is 0. The van der Waals surface area contributed by atoms with Crippen molar-refractivity contribution < 1.29 is 17.9 Å². The fourth-order valence-corrected chi connectivity index (χ4v) is 7.34. The number of ether oxygens (including phenoxy) is 1. The van der Waals surface area contributed by atoms with Gasteiger partial charge in [-0.3, -0.25) is 13.8 Å². The Balaban J connectivity index is 1.41. The number of rotatable bonds is 7. The average Bonchev–Trinajstić information content (AvgIpc) is 3.58. The summed E-state index contributed by atoms with van der Waals surface area (Å²) in [5.74, 6) is -0.0854. The van der Waals surface area contributed by atoms with Crippen molar-refractivity contribution in [1.29, 1.82) is 0 Å². The lowest BCUT2D eigenvalue weighted by molar-refractivity contribution is 0.0946. The van der Waals surface area contributed by atoms with Gasteiger partial charge in [-0.2, -0.15) is 5.10 Å². The van der Waals surface area contributed by atoms with Crippen molar-refractivity contribution in [3.05, 3.63) is 64.2 Å². The molecule has 1 atom stereocenters. The van der Waals surface area contributed by atoms with Crippen molar-refractivity contribution in [1.82, 2.24) is 14.3 Å². The maximum atomic E-state index is 13.6. The third kappa shape index (κ3) is 4.10. The van der Waals surface area contributed by atoms with Crippen molar-refractivity contribution in [2.75, 3.05) is 17.5 Å². The van der Waals surface area contributed by atoms with Gasteiger partial charge in [0.05, 0.1) is 23.2 Å². The maximum absolute atomic E-state index is 13.6. The number of aromatic nitrogens is 3. The highest BCUT2D eigenvalue weighted by molar-refractivity contribution is 7.93. The third-order valence-corrected chi connectivity index (χ3v) is 9.35. The van der Waals surface area contributed by atoms with E-state index in [0.717, 1.165) is 42.9 Å². The van der Waals surface area contributed by atoms with Gasteiger partial charge in [0.2, 0.25) is 0 Å². The van der Waals surface area contributed by atoms with Gasteiger partial charge in [-0.15, -0.1) is 0 Å². The molecule has 0 N–H and O–H groups in total. The molecule has 2 aliphatic rings. The van der Waals surface area contributed by atoms with Crippen molar-refractivity contribution in [2.24, 2.45) is 0 Å². The van der Waals surface area contributed by atoms with E-state index in [-0.39, 0.29) is 23.3 Å². The fraction of sp³-hybridized carbons (Fsp3) is 0.462. The summed E-state index contributed by atoms with van der Waals surface area (Å²) in [6.07, 6.45) is 2.97. The van der Waals surface area contributed by atoms with Crippen LogP contribution < -0.4 is 4.31 Å². The van der Waals surface area contributed by atoms with Crippen LogP contribution in [0.25, 0.3) is 0 Å². The van der Waals surface area contributed by atoms with E-state index in [2.05, 4.69) is 9.67 Å². The van der Waals surface area contributed by atoms with Crippen molar-refractivity contribution in [3.63, 3.8) is 0 Å². The first-order valence-electron chi connectivity index (χ1n) is 12.1. The number of hydrogen-bond donors (Lipinski definition) is 0. The molecule has 2 aromatic heterocycles.